The summed E-state index contributed by atoms with van der Waals surface area (Å²) in [7, 11) is 0. The average Bonchev–Trinajstić information content (AvgIpc) is 2.91. The molecule has 1 unspecified atom stereocenters. The summed E-state index contributed by atoms with van der Waals surface area (Å²) in [5.74, 6) is 0.741. The van der Waals surface area contributed by atoms with Crippen molar-refractivity contribution in [3.05, 3.63) is 52.8 Å². The molecule has 2 aromatic heterocycles. The van der Waals surface area contributed by atoms with Gasteiger partial charge in [-0.15, -0.1) is 0 Å². The fraction of sp³-hybridized carbons (Fsp3) is 0.235. The molecule has 1 aliphatic heterocycles. The van der Waals surface area contributed by atoms with Crippen LogP contribution in [-0.2, 0) is 11.3 Å². The number of para-hydroxylation sites is 1. The summed E-state index contributed by atoms with van der Waals surface area (Å²) in [5, 5.41) is 5.43. The Morgan fingerprint density at radius 2 is 2.00 bits per heavy atom. The number of pyridine rings is 1. The van der Waals surface area contributed by atoms with E-state index in [4.69, 9.17) is 27.9 Å². The molecule has 0 saturated carbocycles. The Labute approximate surface area is 144 Å². The summed E-state index contributed by atoms with van der Waals surface area (Å²) in [6.45, 7) is 1.73. The molecule has 4 nitrogen and oxygen atoms in total. The van der Waals surface area contributed by atoms with Crippen molar-refractivity contribution < 1.29 is 4.74 Å². The summed E-state index contributed by atoms with van der Waals surface area (Å²) in [6, 6.07) is 9.48. The fourth-order valence-corrected chi connectivity index (χ4v) is 3.26. The lowest BCUT2D eigenvalue weighted by molar-refractivity contribution is -0.0586. The monoisotopic (exact) mass is 347 g/mol. The van der Waals surface area contributed by atoms with Gasteiger partial charge in [-0.3, -0.25) is 0 Å². The Balaban J connectivity index is 1.70. The highest BCUT2D eigenvalue weighted by Crippen LogP contribution is 2.34. The number of hydrogen-bond donors (Lipinski definition) is 1. The van der Waals surface area contributed by atoms with Gasteiger partial charge >= 0.3 is 0 Å². The summed E-state index contributed by atoms with van der Waals surface area (Å²) >= 11 is 12.5. The molecule has 6 heteroatoms. The molecule has 0 bridgehead atoms. The van der Waals surface area contributed by atoms with Gasteiger partial charge in [0.15, 0.2) is 0 Å². The van der Waals surface area contributed by atoms with Gasteiger partial charge in [0, 0.05) is 30.9 Å². The topological polar surface area (TPSA) is 39.1 Å². The number of fused-ring (bicyclic) bond motifs is 1. The molecule has 23 heavy (non-hydrogen) atoms. The van der Waals surface area contributed by atoms with E-state index in [1.165, 1.54) is 0 Å². The third-order valence-corrected chi connectivity index (χ3v) is 4.73. The van der Waals surface area contributed by atoms with Crippen molar-refractivity contribution in [3.63, 3.8) is 0 Å². The molecule has 0 amide bonds. The molecule has 1 N–H and O–H groups in total. The zero-order valence-corrected chi connectivity index (χ0v) is 13.8. The molecule has 1 saturated heterocycles. The number of aromatic nitrogens is 2. The first-order chi connectivity index (χ1) is 11.2. The molecule has 1 atom stereocenters. The van der Waals surface area contributed by atoms with Gasteiger partial charge in [-0.1, -0.05) is 29.3 Å². The van der Waals surface area contributed by atoms with Crippen molar-refractivity contribution in [2.45, 2.75) is 19.1 Å². The van der Waals surface area contributed by atoms with Crippen molar-refractivity contribution >= 4 is 45.6 Å². The minimum atomic E-state index is 0.313. The molecule has 0 aliphatic carbocycles. The second-order valence-corrected chi connectivity index (χ2v) is 6.38. The minimum absolute atomic E-state index is 0.313. The zero-order valence-electron chi connectivity index (χ0n) is 12.3. The maximum absolute atomic E-state index is 6.23. The molecule has 118 valence electrons. The van der Waals surface area contributed by atoms with Crippen LogP contribution in [-0.4, -0.2) is 22.3 Å². The molecule has 1 fully saturated rings. The van der Waals surface area contributed by atoms with E-state index in [1.54, 1.807) is 18.3 Å². The van der Waals surface area contributed by atoms with E-state index in [-0.39, 0.29) is 0 Å². The Kier molecular flexibility index (Phi) is 3.89. The lowest BCUT2D eigenvalue weighted by atomic mass is 10.2. The van der Waals surface area contributed by atoms with Crippen LogP contribution in [0.5, 0.6) is 0 Å². The third kappa shape index (κ3) is 2.78. The lowest BCUT2D eigenvalue weighted by Crippen LogP contribution is -2.30. The number of benzene rings is 1. The molecule has 1 aliphatic rings. The highest BCUT2D eigenvalue weighted by molar-refractivity contribution is 6.39. The van der Waals surface area contributed by atoms with Crippen LogP contribution < -0.4 is 5.32 Å². The normalized spacial score (nSPS) is 17.2. The molecular formula is C17H15Cl2N3O. The predicted octanol–water partition coefficient (Wildman–Crippen LogP) is 4.88. The minimum Gasteiger partial charge on any atom is -0.376 e. The second-order valence-electron chi connectivity index (χ2n) is 5.56. The quantitative estimate of drug-likeness (QED) is 0.731. The number of halogens is 2. The number of anilines is 2. The molecule has 0 radical (unpaired) electrons. The van der Waals surface area contributed by atoms with E-state index in [0.29, 0.717) is 21.8 Å². The highest BCUT2D eigenvalue weighted by atomic mass is 35.5. The van der Waals surface area contributed by atoms with Gasteiger partial charge in [0.05, 0.1) is 27.4 Å². The van der Waals surface area contributed by atoms with Crippen LogP contribution in [0.4, 0.5) is 11.5 Å². The van der Waals surface area contributed by atoms with E-state index < -0.39 is 0 Å². The van der Waals surface area contributed by atoms with Gasteiger partial charge in [0.2, 0.25) is 0 Å². The van der Waals surface area contributed by atoms with Gasteiger partial charge in [0.1, 0.15) is 5.82 Å². The van der Waals surface area contributed by atoms with Gasteiger partial charge in [0.25, 0.3) is 0 Å². The van der Waals surface area contributed by atoms with E-state index >= 15 is 0 Å². The maximum Gasteiger partial charge on any atom is 0.139 e. The Morgan fingerprint density at radius 3 is 2.70 bits per heavy atom. The largest absolute Gasteiger partial charge is 0.376 e. The second kappa shape index (κ2) is 6.04. The number of ether oxygens (including phenoxy) is 1. The van der Waals surface area contributed by atoms with Crippen molar-refractivity contribution in [1.82, 2.24) is 9.55 Å². The van der Waals surface area contributed by atoms with Crippen molar-refractivity contribution in [2.75, 3.05) is 11.9 Å². The molecule has 4 rings (SSSR count). The Hall–Kier alpha value is -1.75. The van der Waals surface area contributed by atoms with Crippen LogP contribution in [0, 0.1) is 0 Å². The number of nitrogens with zero attached hydrogens (tertiary/aromatic N) is 2. The first kappa shape index (κ1) is 14.8. The molecule has 3 heterocycles. The van der Waals surface area contributed by atoms with Crippen LogP contribution in [0.1, 0.15) is 6.42 Å². The zero-order chi connectivity index (χ0) is 15.8. The number of hydrogen-bond acceptors (Lipinski definition) is 3. The molecule has 1 aromatic carbocycles. The van der Waals surface area contributed by atoms with E-state index in [0.717, 1.165) is 36.3 Å². The van der Waals surface area contributed by atoms with Crippen molar-refractivity contribution in [3.8, 4) is 0 Å². The summed E-state index contributed by atoms with van der Waals surface area (Å²) in [6.07, 6.45) is 5.28. The van der Waals surface area contributed by atoms with Crippen molar-refractivity contribution in [1.29, 1.82) is 0 Å². The Morgan fingerprint density at radius 1 is 1.22 bits per heavy atom. The van der Waals surface area contributed by atoms with Gasteiger partial charge < -0.3 is 14.6 Å². The van der Waals surface area contributed by atoms with E-state index in [2.05, 4.69) is 21.1 Å². The third-order valence-electron chi connectivity index (χ3n) is 4.10. The summed E-state index contributed by atoms with van der Waals surface area (Å²) in [5.41, 5.74) is 1.78. The molecular weight excluding hydrogens is 333 g/mol. The van der Waals surface area contributed by atoms with E-state index in [9.17, 15) is 0 Å². The van der Waals surface area contributed by atoms with Crippen LogP contribution in [0.25, 0.3) is 10.9 Å². The molecule has 0 spiro atoms. The van der Waals surface area contributed by atoms with Gasteiger partial charge in [-0.2, -0.15) is 0 Å². The van der Waals surface area contributed by atoms with E-state index in [1.807, 2.05) is 18.2 Å². The SMILES string of the molecule is Clc1cccc(Cl)c1Nc1nccc2c1ccn2CC1CCO1. The smallest absolute Gasteiger partial charge is 0.139 e. The Bertz CT molecular complexity index is 838. The summed E-state index contributed by atoms with van der Waals surface area (Å²) < 4.78 is 7.72. The van der Waals surface area contributed by atoms with Crippen LogP contribution in [0.15, 0.2) is 42.7 Å². The lowest BCUT2D eigenvalue weighted by Gasteiger charge is -2.27. The number of nitrogens with one attached hydrogen (secondary N) is 1. The fourth-order valence-electron chi connectivity index (χ4n) is 2.76. The molecule has 3 aromatic rings. The van der Waals surface area contributed by atoms with Gasteiger partial charge in [-0.25, -0.2) is 4.98 Å². The highest BCUT2D eigenvalue weighted by Gasteiger charge is 2.19. The van der Waals surface area contributed by atoms with Crippen LogP contribution in [0.3, 0.4) is 0 Å². The predicted molar refractivity (Wildman–Crippen MR) is 93.8 cm³/mol. The van der Waals surface area contributed by atoms with Crippen molar-refractivity contribution in [2.24, 2.45) is 0 Å². The number of rotatable bonds is 4. The summed E-state index contributed by atoms with van der Waals surface area (Å²) in [4.78, 5) is 4.44. The van der Waals surface area contributed by atoms with Gasteiger partial charge in [-0.05, 0) is 30.7 Å². The maximum atomic E-state index is 6.23. The first-order valence-electron chi connectivity index (χ1n) is 7.49. The van der Waals surface area contributed by atoms with Crippen LogP contribution >= 0.6 is 23.2 Å². The average molecular weight is 348 g/mol. The standard InChI is InChI=1S/C17H15Cl2N3O/c18-13-2-1-3-14(19)16(13)21-17-12-5-8-22(10-11-6-9-23-11)15(12)4-7-20-17/h1-5,7-8,11H,6,9-10H2,(H,20,21). The first-order valence-corrected chi connectivity index (χ1v) is 8.24. The van der Waals surface area contributed by atoms with Crippen LogP contribution in [0.2, 0.25) is 10.0 Å².